The summed E-state index contributed by atoms with van der Waals surface area (Å²) in [4.78, 5) is 10.3. The van der Waals surface area contributed by atoms with E-state index in [0.717, 1.165) is 6.20 Å². The van der Waals surface area contributed by atoms with Crippen LogP contribution in [0.15, 0.2) is 10.7 Å². The van der Waals surface area contributed by atoms with Crippen LogP contribution in [0.25, 0.3) is 0 Å². The second-order valence-corrected chi connectivity index (χ2v) is 2.74. The molecule has 0 saturated heterocycles. The predicted octanol–water partition coefficient (Wildman–Crippen LogP) is 1.74. The van der Waals surface area contributed by atoms with Gasteiger partial charge in [-0.05, 0) is 15.9 Å². The molecule has 1 aromatic rings. The van der Waals surface area contributed by atoms with Crippen LogP contribution in [-0.4, -0.2) is 20.9 Å². The molecule has 0 aromatic carbocycles. The lowest BCUT2D eigenvalue weighted by atomic mass is 10.4. The first-order chi connectivity index (χ1) is 5.52. The fraction of sp³-hybridized carbons (Fsp3) is 0.200. The van der Waals surface area contributed by atoms with Gasteiger partial charge in [0.25, 0.3) is 0 Å². The number of carbonyl (C=O) groups is 1. The molecule has 0 spiro atoms. The fourth-order valence-electron chi connectivity index (χ4n) is 0.614. The highest BCUT2D eigenvalue weighted by Gasteiger charge is 2.16. The predicted molar refractivity (Wildman–Crippen MR) is 38.1 cm³/mol. The smallest absolute Gasteiger partial charge is 0.357 e. The number of carboxylic acids is 1. The maximum atomic E-state index is 11.9. The van der Waals surface area contributed by atoms with Crippen LogP contribution in [0.3, 0.4) is 0 Å². The summed E-state index contributed by atoms with van der Waals surface area (Å²) in [6.07, 6.45) is 0.911. The van der Waals surface area contributed by atoms with E-state index in [1.165, 1.54) is 0 Å². The summed E-state index contributed by atoms with van der Waals surface area (Å²) in [5, 5.41) is 11.5. The van der Waals surface area contributed by atoms with E-state index in [-0.39, 0.29) is 9.15 Å². The van der Waals surface area contributed by atoms with E-state index in [4.69, 9.17) is 5.11 Å². The standard InChI is InChI=1S/C5H3BrF2N2O2/c6-2-1-10(5(7)8)9-3(2)4(11)12/h1,5H,(H,11,12). The summed E-state index contributed by atoms with van der Waals surface area (Å²) < 4.78 is 24.1. The zero-order valence-corrected chi connectivity index (χ0v) is 7.12. The molecule has 0 fully saturated rings. The van der Waals surface area contributed by atoms with Gasteiger partial charge in [-0.1, -0.05) is 0 Å². The molecule has 1 aromatic heterocycles. The third-order valence-electron chi connectivity index (χ3n) is 1.09. The van der Waals surface area contributed by atoms with Gasteiger partial charge in [-0.15, -0.1) is 0 Å². The Kier molecular flexibility index (Phi) is 2.41. The van der Waals surface area contributed by atoms with Crippen LogP contribution in [0.1, 0.15) is 17.0 Å². The van der Waals surface area contributed by atoms with Gasteiger partial charge in [0.15, 0.2) is 5.69 Å². The molecule has 0 atom stereocenters. The number of aromatic nitrogens is 2. The summed E-state index contributed by atoms with van der Waals surface area (Å²) in [5.74, 6) is -1.35. The minimum Gasteiger partial charge on any atom is -0.476 e. The molecular weight excluding hydrogens is 238 g/mol. The number of carboxylic acid groups (broad SMARTS) is 1. The molecule has 7 heteroatoms. The average Bonchev–Trinajstić information content (AvgIpc) is 2.30. The number of alkyl halides is 2. The van der Waals surface area contributed by atoms with Crippen LogP contribution in [0.4, 0.5) is 8.78 Å². The Labute approximate surface area is 73.9 Å². The molecule has 0 saturated carbocycles. The quantitative estimate of drug-likeness (QED) is 0.857. The topological polar surface area (TPSA) is 55.1 Å². The molecule has 0 radical (unpaired) electrons. The van der Waals surface area contributed by atoms with Gasteiger partial charge in [-0.2, -0.15) is 13.9 Å². The summed E-state index contributed by atoms with van der Waals surface area (Å²) in [5.41, 5.74) is -0.421. The number of rotatable bonds is 2. The van der Waals surface area contributed by atoms with E-state index < -0.39 is 18.2 Å². The molecule has 0 aliphatic heterocycles. The highest BCUT2D eigenvalue weighted by molar-refractivity contribution is 9.10. The Hall–Kier alpha value is -0.980. The summed E-state index contributed by atoms with van der Waals surface area (Å²) in [6, 6.07) is 0. The van der Waals surface area contributed by atoms with Crippen LogP contribution >= 0.6 is 15.9 Å². The Bertz CT molecular complexity index is 312. The Morgan fingerprint density at radius 2 is 2.33 bits per heavy atom. The van der Waals surface area contributed by atoms with E-state index in [0.29, 0.717) is 0 Å². The van der Waals surface area contributed by atoms with Crippen molar-refractivity contribution in [2.45, 2.75) is 6.55 Å². The molecular formula is C5H3BrF2N2O2. The molecule has 12 heavy (non-hydrogen) atoms. The maximum Gasteiger partial charge on any atom is 0.357 e. The van der Waals surface area contributed by atoms with Gasteiger partial charge in [-0.3, -0.25) is 0 Å². The van der Waals surface area contributed by atoms with E-state index in [1.807, 2.05) is 0 Å². The van der Waals surface area contributed by atoms with E-state index in [9.17, 15) is 13.6 Å². The SMILES string of the molecule is O=C(O)c1nn(C(F)F)cc1Br. The molecule has 0 aliphatic carbocycles. The van der Waals surface area contributed by atoms with Crippen molar-refractivity contribution in [3.05, 3.63) is 16.4 Å². The molecule has 0 aliphatic rings. The van der Waals surface area contributed by atoms with E-state index in [2.05, 4.69) is 21.0 Å². The molecule has 1 rings (SSSR count). The second kappa shape index (κ2) is 3.18. The van der Waals surface area contributed by atoms with Gasteiger partial charge in [0.1, 0.15) is 0 Å². The van der Waals surface area contributed by atoms with E-state index in [1.54, 1.807) is 0 Å². The van der Waals surface area contributed by atoms with Crippen LogP contribution in [0, 0.1) is 0 Å². The van der Waals surface area contributed by atoms with Crippen molar-refractivity contribution < 1.29 is 18.7 Å². The van der Waals surface area contributed by atoms with Crippen molar-refractivity contribution in [3.63, 3.8) is 0 Å². The van der Waals surface area contributed by atoms with Gasteiger partial charge in [-0.25, -0.2) is 9.48 Å². The van der Waals surface area contributed by atoms with Crippen LogP contribution in [-0.2, 0) is 0 Å². The molecule has 4 nitrogen and oxygen atoms in total. The van der Waals surface area contributed by atoms with Gasteiger partial charge in [0, 0.05) is 6.20 Å². The minimum absolute atomic E-state index is 0.0373. The number of hydrogen-bond acceptors (Lipinski definition) is 2. The third kappa shape index (κ3) is 1.60. The van der Waals surface area contributed by atoms with Crippen molar-refractivity contribution in [2.24, 2.45) is 0 Å². The first kappa shape index (κ1) is 9.11. The van der Waals surface area contributed by atoms with Crippen molar-refractivity contribution >= 4 is 21.9 Å². The zero-order chi connectivity index (χ0) is 9.30. The number of halogens is 3. The largest absolute Gasteiger partial charge is 0.476 e. The van der Waals surface area contributed by atoms with E-state index >= 15 is 0 Å². The third-order valence-corrected chi connectivity index (χ3v) is 1.67. The minimum atomic E-state index is -2.82. The van der Waals surface area contributed by atoms with Gasteiger partial charge < -0.3 is 5.11 Å². The highest BCUT2D eigenvalue weighted by atomic mass is 79.9. The normalized spacial score (nSPS) is 10.7. The Morgan fingerprint density at radius 3 is 2.58 bits per heavy atom. The Balaban J connectivity index is 3.09. The lowest BCUT2D eigenvalue weighted by molar-refractivity contribution is 0.0545. The van der Waals surface area contributed by atoms with Crippen LogP contribution < -0.4 is 0 Å². The molecule has 0 bridgehead atoms. The number of aromatic carboxylic acids is 1. The molecule has 1 N–H and O–H groups in total. The zero-order valence-electron chi connectivity index (χ0n) is 5.54. The monoisotopic (exact) mass is 240 g/mol. The maximum absolute atomic E-state index is 11.9. The molecule has 0 unspecified atom stereocenters. The number of nitrogens with zero attached hydrogens (tertiary/aromatic N) is 2. The Morgan fingerprint density at radius 1 is 1.75 bits per heavy atom. The molecule has 1 heterocycles. The van der Waals surface area contributed by atoms with Crippen LogP contribution in [0.5, 0.6) is 0 Å². The summed E-state index contributed by atoms with van der Waals surface area (Å²) in [7, 11) is 0. The summed E-state index contributed by atoms with van der Waals surface area (Å²) >= 11 is 2.79. The van der Waals surface area contributed by atoms with Crippen molar-refractivity contribution in [1.29, 1.82) is 0 Å². The van der Waals surface area contributed by atoms with Crippen molar-refractivity contribution in [3.8, 4) is 0 Å². The van der Waals surface area contributed by atoms with Crippen molar-refractivity contribution in [2.75, 3.05) is 0 Å². The lowest BCUT2D eigenvalue weighted by Gasteiger charge is -1.94. The lowest BCUT2D eigenvalue weighted by Crippen LogP contribution is -2.03. The average molecular weight is 241 g/mol. The summed E-state index contributed by atoms with van der Waals surface area (Å²) in [6.45, 7) is -2.82. The van der Waals surface area contributed by atoms with Crippen molar-refractivity contribution in [1.82, 2.24) is 9.78 Å². The first-order valence-electron chi connectivity index (χ1n) is 2.78. The fourth-order valence-corrected chi connectivity index (χ4v) is 1.07. The number of hydrogen-bond donors (Lipinski definition) is 1. The molecule has 0 amide bonds. The van der Waals surface area contributed by atoms with Gasteiger partial charge >= 0.3 is 12.5 Å². The van der Waals surface area contributed by atoms with Gasteiger partial charge in [0.2, 0.25) is 0 Å². The first-order valence-corrected chi connectivity index (χ1v) is 3.57. The second-order valence-electron chi connectivity index (χ2n) is 1.89. The van der Waals surface area contributed by atoms with Crippen LogP contribution in [0.2, 0.25) is 0 Å². The highest BCUT2D eigenvalue weighted by Crippen LogP contribution is 2.18. The molecule has 66 valence electrons. The van der Waals surface area contributed by atoms with Gasteiger partial charge in [0.05, 0.1) is 4.47 Å².